The fourth-order valence-corrected chi connectivity index (χ4v) is 3.56. The summed E-state index contributed by atoms with van der Waals surface area (Å²) in [6.07, 6.45) is 3.40. The number of rotatable bonds is 6. The van der Waals surface area contributed by atoms with Gasteiger partial charge in [0.1, 0.15) is 11.5 Å². The Morgan fingerprint density at radius 1 is 1.19 bits per heavy atom. The van der Waals surface area contributed by atoms with Gasteiger partial charge in [-0.15, -0.1) is 0 Å². The van der Waals surface area contributed by atoms with E-state index in [2.05, 4.69) is 10.5 Å². The smallest absolute Gasteiger partial charge is 0.410 e. The number of benzene rings is 1. The molecule has 1 aromatic rings. The summed E-state index contributed by atoms with van der Waals surface area (Å²) >= 11 is 0. The standard InChI is InChI=1S/C21H30F2N6O3/c1-13(2)31-21(30)29-9-5-15(6-10-29)32-27-14-3-7-28(8-4-14)19-12-16(22)18(11-17(19)23)26-20(24)25/h3,11-13,15,27H,4-10H2,1-2H3,(H4,24,25,26). The third-order valence-corrected chi connectivity index (χ3v) is 5.21. The number of carbonyl (C=O) groups excluding carboxylic acids is 1. The first-order chi connectivity index (χ1) is 15.2. The Balaban J connectivity index is 1.48. The number of likely N-dealkylation sites (tertiary alicyclic amines) is 1. The van der Waals surface area contributed by atoms with Gasteiger partial charge in [0, 0.05) is 50.4 Å². The number of nitrogens with one attached hydrogen (secondary N) is 1. The number of nitrogens with two attached hydrogens (primary N) is 2. The summed E-state index contributed by atoms with van der Waals surface area (Å²) in [6, 6.07) is 2.08. The largest absolute Gasteiger partial charge is 0.447 e. The van der Waals surface area contributed by atoms with Gasteiger partial charge >= 0.3 is 6.09 Å². The van der Waals surface area contributed by atoms with Crippen LogP contribution in [0.4, 0.5) is 25.0 Å². The normalized spacial score (nSPS) is 17.2. The molecule has 0 aromatic heterocycles. The Hall–Kier alpha value is -3.08. The van der Waals surface area contributed by atoms with Crippen molar-refractivity contribution >= 4 is 23.4 Å². The maximum absolute atomic E-state index is 14.5. The lowest BCUT2D eigenvalue weighted by Gasteiger charge is -2.33. The average molecular weight is 453 g/mol. The number of halogens is 2. The van der Waals surface area contributed by atoms with Crippen LogP contribution in [0, 0.1) is 11.6 Å². The second-order valence-electron chi connectivity index (χ2n) is 8.06. The molecular formula is C21H30F2N6O3. The van der Waals surface area contributed by atoms with E-state index < -0.39 is 11.6 Å². The number of hydrogen-bond acceptors (Lipinski definition) is 6. The Morgan fingerprint density at radius 3 is 2.50 bits per heavy atom. The molecule has 11 heteroatoms. The van der Waals surface area contributed by atoms with Crippen LogP contribution in [0.1, 0.15) is 33.1 Å². The number of nitrogens with zero attached hydrogens (tertiary/aromatic N) is 3. The average Bonchev–Trinajstić information content (AvgIpc) is 2.74. The molecule has 32 heavy (non-hydrogen) atoms. The highest BCUT2D eigenvalue weighted by molar-refractivity contribution is 5.79. The summed E-state index contributed by atoms with van der Waals surface area (Å²) in [5.74, 6) is -1.64. The number of amides is 1. The van der Waals surface area contributed by atoms with Crippen LogP contribution < -0.4 is 21.8 Å². The molecule has 0 atom stereocenters. The highest BCUT2D eigenvalue weighted by atomic mass is 19.1. The molecule has 1 aromatic carbocycles. The number of hydroxylamine groups is 1. The monoisotopic (exact) mass is 452 g/mol. The van der Waals surface area contributed by atoms with Gasteiger partial charge in [-0.1, -0.05) is 0 Å². The van der Waals surface area contributed by atoms with Crippen molar-refractivity contribution in [1.29, 1.82) is 0 Å². The van der Waals surface area contributed by atoms with E-state index >= 15 is 0 Å². The van der Waals surface area contributed by atoms with Gasteiger partial charge in [0.25, 0.3) is 0 Å². The van der Waals surface area contributed by atoms with E-state index in [0.717, 1.165) is 17.8 Å². The van der Waals surface area contributed by atoms with Crippen molar-refractivity contribution in [2.45, 2.75) is 45.3 Å². The number of aliphatic imine (C=N–C) groups is 1. The summed E-state index contributed by atoms with van der Waals surface area (Å²) in [5, 5.41) is 0. The molecule has 0 bridgehead atoms. The number of anilines is 1. The van der Waals surface area contributed by atoms with Crippen molar-refractivity contribution in [3.63, 3.8) is 0 Å². The molecule has 2 aliphatic rings. The second-order valence-corrected chi connectivity index (χ2v) is 8.06. The van der Waals surface area contributed by atoms with Gasteiger partial charge in [-0.2, -0.15) is 0 Å². The first kappa shape index (κ1) is 23.6. The minimum absolute atomic E-state index is 0.0216. The predicted octanol–water partition coefficient (Wildman–Crippen LogP) is 2.49. The van der Waals surface area contributed by atoms with Gasteiger partial charge in [0.05, 0.1) is 17.9 Å². The van der Waals surface area contributed by atoms with E-state index in [4.69, 9.17) is 21.0 Å². The Kier molecular flexibility index (Phi) is 7.73. The zero-order valence-corrected chi connectivity index (χ0v) is 18.3. The van der Waals surface area contributed by atoms with Crippen LogP contribution in [-0.2, 0) is 9.57 Å². The van der Waals surface area contributed by atoms with Crippen molar-refractivity contribution in [3.8, 4) is 0 Å². The number of guanidine groups is 1. The lowest BCUT2D eigenvalue weighted by molar-refractivity contribution is -0.0415. The molecule has 176 valence electrons. The van der Waals surface area contributed by atoms with Crippen molar-refractivity contribution in [2.24, 2.45) is 16.5 Å². The molecule has 5 N–H and O–H groups in total. The molecule has 2 heterocycles. The first-order valence-corrected chi connectivity index (χ1v) is 10.6. The van der Waals surface area contributed by atoms with E-state index in [1.165, 1.54) is 0 Å². The van der Waals surface area contributed by atoms with Crippen molar-refractivity contribution < 1.29 is 23.1 Å². The third-order valence-electron chi connectivity index (χ3n) is 5.21. The molecule has 1 amide bonds. The molecule has 3 rings (SSSR count). The SMILES string of the molecule is CC(C)OC(=O)N1CCC(ONC2=CCN(c3cc(F)c(N=C(N)N)cc3F)CC2)CC1. The van der Waals surface area contributed by atoms with Crippen LogP contribution in [-0.4, -0.2) is 55.3 Å². The second kappa shape index (κ2) is 10.5. The van der Waals surface area contributed by atoms with Crippen LogP contribution in [0.5, 0.6) is 0 Å². The number of ether oxygens (including phenoxy) is 1. The molecule has 9 nitrogen and oxygen atoms in total. The molecule has 0 aliphatic carbocycles. The highest BCUT2D eigenvalue weighted by Gasteiger charge is 2.25. The quantitative estimate of drug-likeness (QED) is 0.345. The van der Waals surface area contributed by atoms with E-state index in [1.54, 1.807) is 9.80 Å². The Labute approximate surface area is 186 Å². The molecule has 1 fully saturated rings. The Morgan fingerprint density at radius 2 is 1.91 bits per heavy atom. The third kappa shape index (κ3) is 6.22. The lowest BCUT2D eigenvalue weighted by Crippen LogP contribution is -2.43. The van der Waals surface area contributed by atoms with Gasteiger partial charge in [-0.05, 0) is 32.8 Å². The van der Waals surface area contributed by atoms with Gasteiger partial charge in [-0.25, -0.2) is 18.6 Å². The zero-order valence-electron chi connectivity index (χ0n) is 18.3. The lowest BCUT2D eigenvalue weighted by atomic mass is 10.1. The summed E-state index contributed by atoms with van der Waals surface area (Å²) in [7, 11) is 0. The van der Waals surface area contributed by atoms with Crippen LogP contribution in [0.15, 0.2) is 28.9 Å². The number of carbonyl (C=O) groups is 1. The zero-order chi connectivity index (χ0) is 23.3. The van der Waals surface area contributed by atoms with E-state index in [0.29, 0.717) is 45.4 Å². The van der Waals surface area contributed by atoms with Crippen LogP contribution in [0.2, 0.25) is 0 Å². The van der Waals surface area contributed by atoms with E-state index in [9.17, 15) is 13.6 Å². The first-order valence-electron chi connectivity index (χ1n) is 10.6. The maximum Gasteiger partial charge on any atom is 0.410 e. The summed E-state index contributed by atoms with van der Waals surface area (Å²) in [4.78, 5) is 24.7. The van der Waals surface area contributed by atoms with Crippen LogP contribution >= 0.6 is 0 Å². The van der Waals surface area contributed by atoms with Crippen molar-refractivity contribution in [3.05, 3.63) is 35.5 Å². The summed E-state index contributed by atoms with van der Waals surface area (Å²) < 4.78 is 33.9. The molecule has 0 spiro atoms. The Bertz CT molecular complexity index is 881. The molecule has 0 radical (unpaired) electrons. The van der Waals surface area contributed by atoms with Gasteiger partial charge < -0.3 is 26.0 Å². The fourth-order valence-electron chi connectivity index (χ4n) is 3.56. The van der Waals surface area contributed by atoms with Crippen LogP contribution in [0.25, 0.3) is 0 Å². The van der Waals surface area contributed by atoms with Crippen molar-refractivity contribution in [2.75, 3.05) is 31.1 Å². The molecule has 0 unspecified atom stereocenters. The van der Waals surface area contributed by atoms with Crippen LogP contribution in [0.3, 0.4) is 0 Å². The molecule has 1 saturated heterocycles. The van der Waals surface area contributed by atoms with E-state index in [1.807, 2.05) is 19.9 Å². The van der Waals surface area contributed by atoms with Gasteiger partial charge in [0.2, 0.25) is 0 Å². The van der Waals surface area contributed by atoms with Crippen molar-refractivity contribution in [1.82, 2.24) is 10.4 Å². The topological polar surface area (TPSA) is 118 Å². The van der Waals surface area contributed by atoms with Gasteiger partial charge in [-0.3, -0.25) is 10.3 Å². The molecule has 2 aliphatic heterocycles. The predicted molar refractivity (Wildman–Crippen MR) is 117 cm³/mol. The molecular weight excluding hydrogens is 422 g/mol. The molecule has 0 saturated carbocycles. The fraction of sp³-hybridized carbons (Fsp3) is 0.524. The number of piperidine rings is 1. The summed E-state index contributed by atoms with van der Waals surface area (Å²) in [5.41, 5.74) is 14.2. The van der Waals surface area contributed by atoms with Gasteiger partial charge in [0.15, 0.2) is 11.8 Å². The summed E-state index contributed by atoms with van der Waals surface area (Å²) in [6.45, 7) is 5.67. The van der Waals surface area contributed by atoms with E-state index in [-0.39, 0.29) is 35.6 Å². The maximum atomic E-state index is 14.5. The minimum atomic E-state index is -0.699. The highest BCUT2D eigenvalue weighted by Crippen LogP contribution is 2.29. The number of hydrogen-bond donors (Lipinski definition) is 3. The minimum Gasteiger partial charge on any atom is -0.447 e.